The number of pyridine rings is 1. The van der Waals surface area contributed by atoms with Crippen molar-refractivity contribution in [2.24, 2.45) is 22.6 Å². The maximum absolute atomic E-state index is 13.7. The van der Waals surface area contributed by atoms with Crippen molar-refractivity contribution in [2.45, 2.75) is 77.8 Å². The summed E-state index contributed by atoms with van der Waals surface area (Å²) >= 11 is 5.92. The number of halogens is 1. The van der Waals surface area contributed by atoms with Crippen molar-refractivity contribution >= 4 is 64.4 Å². The summed E-state index contributed by atoms with van der Waals surface area (Å²) in [4.78, 5) is 80.3. The first kappa shape index (κ1) is 60.4. The molecule has 0 bridgehead atoms. The highest BCUT2D eigenvalue weighted by molar-refractivity contribution is 6.30. The lowest BCUT2D eigenvalue weighted by Gasteiger charge is -2.24. The minimum atomic E-state index is -0.844. The third-order valence-electron chi connectivity index (χ3n) is 11.1. The summed E-state index contributed by atoms with van der Waals surface area (Å²) in [5.74, 6) is -1.64. The zero-order valence-electron chi connectivity index (χ0n) is 42.1. The molecule has 0 spiro atoms. The largest absolute Gasteiger partial charge is 0.494 e. The Balaban J connectivity index is 0.0000141. The van der Waals surface area contributed by atoms with Gasteiger partial charge < -0.3 is 53.4 Å². The van der Waals surface area contributed by atoms with Crippen LogP contribution < -0.4 is 41.6 Å². The summed E-state index contributed by atoms with van der Waals surface area (Å²) in [7, 11) is 0. The van der Waals surface area contributed by atoms with Gasteiger partial charge in [0.25, 0.3) is 11.8 Å². The highest BCUT2D eigenvalue weighted by Gasteiger charge is 2.30. The number of rotatable bonds is 34. The van der Waals surface area contributed by atoms with Crippen LogP contribution in [-0.4, -0.2) is 118 Å². The van der Waals surface area contributed by atoms with Crippen LogP contribution in [0, 0.1) is 30.7 Å². The molecule has 2 aromatic carbocycles. The number of aliphatic imine (C=N–C) groups is 1. The van der Waals surface area contributed by atoms with E-state index in [1.807, 2.05) is 73.4 Å². The van der Waals surface area contributed by atoms with Gasteiger partial charge in [0.2, 0.25) is 17.8 Å². The summed E-state index contributed by atoms with van der Waals surface area (Å²) in [6.45, 7) is 7.05. The molecule has 0 unspecified atom stereocenters. The fourth-order valence-electron chi connectivity index (χ4n) is 7.21. The van der Waals surface area contributed by atoms with Crippen LogP contribution in [0.15, 0.2) is 90.2 Å². The van der Waals surface area contributed by atoms with Crippen LogP contribution in [0.25, 0.3) is 0 Å². The second-order valence-electron chi connectivity index (χ2n) is 17.1. The van der Waals surface area contributed by atoms with Crippen molar-refractivity contribution in [3.8, 4) is 11.9 Å². The Morgan fingerprint density at radius 1 is 0.795 bits per heavy atom. The Morgan fingerprint density at radius 2 is 1.42 bits per heavy atom. The van der Waals surface area contributed by atoms with E-state index in [1.165, 1.54) is 12.2 Å². The number of Topliss-reactive ketones (excluding diaryl/α,β-unsaturated/α-hetero) is 1. The maximum atomic E-state index is 13.7. The molecule has 7 N–H and O–H groups in total. The van der Waals surface area contributed by atoms with E-state index >= 15 is 0 Å². The lowest BCUT2D eigenvalue weighted by atomic mass is 9.89. The van der Waals surface area contributed by atoms with E-state index < -0.39 is 18.0 Å². The molecule has 0 fully saturated rings. The predicted molar refractivity (Wildman–Crippen MR) is 277 cm³/mol. The first-order valence-corrected chi connectivity index (χ1v) is 24.5. The summed E-state index contributed by atoms with van der Waals surface area (Å²) in [5, 5.41) is 24.0. The van der Waals surface area contributed by atoms with E-state index in [-0.39, 0.29) is 115 Å². The van der Waals surface area contributed by atoms with Gasteiger partial charge in [0.1, 0.15) is 5.75 Å². The first-order chi connectivity index (χ1) is 34.8. The number of ether oxygens (including phenoxy) is 4. The molecule has 1 aliphatic rings. The number of nitrogens with two attached hydrogens (primary N) is 1. The third kappa shape index (κ3) is 24.4. The number of aromatic nitrogens is 1. The minimum Gasteiger partial charge on any atom is -0.494 e. The molecule has 1 aromatic heterocycles. The number of carbonyl (C=O) groups is 6. The summed E-state index contributed by atoms with van der Waals surface area (Å²) in [5.41, 5.74) is 7.49. The van der Waals surface area contributed by atoms with Crippen LogP contribution in [0.5, 0.6) is 5.75 Å². The van der Waals surface area contributed by atoms with E-state index in [1.54, 1.807) is 24.3 Å². The lowest BCUT2D eigenvalue weighted by molar-refractivity contribution is -0.688. The van der Waals surface area contributed by atoms with Crippen molar-refractivity contribution in [1.82, 2.24) is 20.9 Å². The third-order valence-corrected chi connectivity index (χ3v) is 11.3. The van der Waals surface area contributed by atoms with Gasteiger partial charge in [-0.1, -0.05) is 44.0 Å². The summed E-state index contributed by atoms with van der Waals surface area (Å²) in [6, 6.07) is 16.9. The fraction of sp³-hybridized carbons (Fsp3) is 0.462. The summed E-state index contributed by atoms with van der Waals surface area (Å²) in [6.07, 6.45) is 12.5. The lowest BCUT2D eigenvalue weighted by Crippen LogP contribution is -2.45. The molecule has 0 saturated heterocycles. The number of anilines is 2. The molecular formula is C52H71ClN10O10. The molecule has 20 nitrogen and oxygen atoms in total. The van der Waals surface area contributed by atoms with E-state index in [0.717, 1.165) is 47.6 Å². The number of imide groups is 1. The van der Waals surface area contributed by atoms with Crippen molar-refractivity contribution in [2.75, 3.05) is 76.5 Å². The van der Waals surface area contributed by atoms with E-state index in [9.17, 15) is 34.0 Å². The number of unbranched alkanes of at least 4 members (excludes halogenated alkanes) is 3. The predicted octanol–water partition coefficient (Wildman–Crippen LogP) is 5.07. The zero-order chi connectivity index (χ0) is 51.9. The Morgan fingerprint density at radius 3 is 2.07 bits per heavy atom. The summed E-state index contributed by atoms with van der Waals surface area (Å²) < 4.78 is 24.1. The van der Waals surface area contributed by atoms with Crippen molar-refractivity contribution in [1.29, 1.82) is 5.26 Å². The molecule has 21 heteroatoms. The molecule has 2 heterocycles. The molecule has 0 aliphatic carbocycles. The Hall–Kier alpha value is -6.92. The molecule has 396 valence electrons. The number of ketones is 1. The van der Waals surface area contributed by atoms with Gasteiger partial charge >= 0.3 is 6.03 Å². The standard InChI is InChI=1S/C51H67ClN10O10.CH3/c1-37(2)48(60-45(64)21-28-69-30-32-71-33-31-70-29-26-62-46(65)17-18-47(62)66)44(63)34-39(8-7-23-55-50(54)68)49(67)58-41-13-9-38(10-14-41)35-61-24-19-42(20-25-61)59-51(57-36-53)56-22-5-3-4-6-27-72-43-15-11-40(52)12-16-43;/h9-20,24-25,37,39,48H,3-8,21-23,26-35H2,1-2H3,(H6,54,55,56,57,58,60,64,67,68);1H3/q;-1/p+1/t39-,48+;/m1./s1. The topological polar surface area (TPSA) is 269 Å². The number of amides is 6. The zero-order valence-corrected chi connectivity index (χ0v) is 42.8. The quantitative estimate of drug-likeness (QED) is 0.00668. The van der Waals surface area contributed by atoms with E-state index in [2.05, 4.69) is 31.6 Å². The molecular weight excluding hydrogens is 960 g/mol. The molecule has 73 heavy (non-hydrogen) atoms. The second kappa shape index (κ2) is 34.4. The molecule has 1 aliphatic heterocycles. The second-order valence-corrected chi connectivity index (χ2v) is 17.5. The van der Waals surface area contributed by atoms with Crippen LogP contribution in [0.2, 0.25) is 5.02 Å². The van der Waals surface area contributed by atoms with Gasteiger partial charge in [0.05, 0.1) is 64.5 Å². The average molecular weight is 1030 g/mol. The van der Waals surface area contributed by atoms with Crippen LogP contribution in [0.3, 0.4) is 0 Å². The number of guanidine groups is 1. The number of benzene rings is 2. The van der Waals surface area contributed by atoms with Gasteiger partial charge in [-0.05, 0) is 74.4 Å². The first-order valence-electron chi connectivity index (χ1n) is 24.2. The Bertz CT molecular complexity index is 2270. The average Bonchev–Trinajstić information content (AvgIpc) is 3.68. The molecule has 2 atom stereocenters. The number of nitrogens with one attached hydrogen (secondary N) is 5. The molecule has 4 rings (SSSR count). The van der Waals surface area contributed by atoms with Gasteiger partial charge in [0.15, 0.2) is 30.9 Å². The Labute approximate surface area is 433 Å². The fourth-order valence-corrected chi connectivity index (χ4v) is 7.33. The maximum Gasteiger partial charge on any atom is 0.312 e. The number of hydrogen-bond donors (Lipinski definition) is 6. The van der Waals surface area contributed by atoms with Gasteiger partial charge in [-0.25, -0.2) is 9.36 Å². The highest BCUT2D eigenvalue weighted by atomic mass is 35.5. The van der Waals surface area contributed by atoms with Gasteiger partial charge in [-0.15, -0.1) is 0 Å². The number of carbonyl (C=O) groups excluding carboxylic acids is 6. The smallest absolute Gasteiger partial charge is 0.312 e. The molecule has 0 saturated carbocycles. The normalized spacial score (nSPS) is 12.9. The minimum absolute atomic E-state index is 0. The molecule has 3 aromatic rings. The molecule has 0 radical (unpaired) electrons. The van der Waals surface area contributed by atoms with E-state index in [0.29, 0.717) is 42.8 Å². The van der Waals surface area contributed by atoms with Crippen LogP contribution in [-0.2, 0) is 44.7 Å². The number of nitriles is 1. The number of primary amides is 1. The molecule has 6 amide bonds. The van der Waals surface area contributed by atoms with Gasteiger partial charge in [0, 0.05) is 72.4 Å². The van der Waals surface area contributed by atoms with Crippen LogP contribution in [0.4, 0.5) is 16.2 Å². The van der Waals surface area contributed by atoms with Crippen molar-refractivity contribution in [3.63, 3.8) is 0 Å². The Kier molecular flexibility index (Phi) is 28.5. The number of hydrogen-bond acceptors (Lipinski definition) is 12. The van der Waals surface area contributed by atoms with E-state index in [4.69, 9.17) is 36.3 Å². The van der Waals surface area contributed by atoms with Gasteiger partial charge in [-0.2, -0.15) is 5.26 Å². The van der Waals surface area contributed by atoms with Gasteiger partial charge in [-0.3, -0.25) is 39.2 Å². The monoisotopic (exact) mass is 1030 g/mol. The number of urea groups is 1. The van der Waals surface area contributed by atoms with Crippen LogP contribution >= 0.6 is 11.6 Å². The van der Waals surface area contributed by atoms with Crippen LogP contribution in [0.1, 0.15) is 70.8 Å². The number of nitrogens with zero attached hydrogens (tertiary/aromatic N) is 4. The highest BCUT2D eigenvalue weighted by Crippen LogP contribution is 2.20. The SMILES string of the molecule is CC(C)[C@H](NC(=O)CCOCCOCCOCCN1C(=O)C=CC1=O)C(=O)C[C@@H](CCCNC(N)=O)C(=O)Nc1ccc(C[n+]2ccc(NC(=NCCCCCCOc3ccc(Cl)cc3)NC#N)cc2)cc1.[CH3-]. The van der Waals surface area contributed by atoms with Crippen molar-refractivity contribution < 1.29 is 52.3 Å². The van der Waals surface area contributed by atoms with Crippen molar-refractivity contribution in [3.05, 3.63) is 103 Å².